The lowest BCUT2D eigenvalue weighted by Crippen LogP contribution is -2.11. The number of hydrogen-bond acceptors (Lipinski definition) is 3. The van der Waals surface area contributed by atoms with Gasteiger partial charge in [-0.1, -0.05) is 139 Å². The van der Waals surface area contributed by atoms with Crippen LogP contribution in [0.15, 0.2) is 146 Å². The molecule has 0 saturated carbocycles. The van der Waals surface area contributed by atoms with Gasteiger partial charge >= 0.3 is 0 Å². The topological polar surface area (TPSA) is 50.9 Å². The van der Waals surface area contributed by atoms with Crippen molar-refractivity contribution in [2.75, 3.05) is 0 Å². The summed E-state index contributed by atoms with van der Waals surface area (Å²) in [5, 5.41) is 12.2. The Morgan fingerprint density at radius 1 is 0.614 bits per heavy atom. The van der Waals surface area contributed by atoms with Crippen molar-refractivity contribution < 1.29 is 9.22 Å². The van der Waals surface area contributed by atoms with E-state index < -0.39 is 6.85 Å². The molecule has 57 heavy (non-hydrogen) atoms. The smallest absolute Gasteiger partial charge is 0.149 e. The molecule has 0 bridgehead atoms. The minimum absolute atomic E-state index is 0.0481. The third kappa shape index (κ3) is 7.40. The number of rotatable bonds is 8. The molecule has 8 rings (SSSR count). The number of imidazole rings is 1. The van der Waals surface area contributed by atoms with Crippen LogP contribution >= 0.6 is 0 Å². The average Bonchev–Trinajstić information content (AvgIpc) is 3.63. The second kappa shape index (κ2) is 15.0. The van der Waals surface area contributed by atoms with Crippen molar-refractivity contribution in [3.8, 4) is 67.5 Å². The van der Waals surface area contributed by atoms with Crippen molar-refractivity contribution in [2.24, 2.45) is 0 Å². The third-order valence-electron chi connectivity index (χ3n) is 10.9. The van der Waals surface area contributed by atoms with Crippen molar-refractivity contribution >= 4 is 11.0 Å². The number of para-hydroxylation sites is 1. The zero-order chi connectivity index (χ0) is 42.5. The van der Waals surface area contributed by atoms with Crippen LogP contribution in [0, 0.1) is 6.85 Å². The fourth-order valence-corrected chi connectivity index (χ4v) is 7.70. The standard InChI is InChI=1S/C53H51N3O/c1-33(2)39-30-46(34(3)4)51(57)47(31-39)52-55-50-45(20-15-21-49(50)56(52)44-25-35(5)24-40(29-44)37-18-13-10-14-19-37)41-26-42(28-43(27-41)53(6,7)8)48-32-38(22-23-54-48)36-16-11-9-12-17-36/h9-34,57H,1-8H3/i5D3. The monoisotopic (exact) mass is 748 g/mol. The van der Waals surface area contributed by atoms with Crippen LogP contribution in [0.4, 0.5) is 0 Å². The molecule has 4 nitrogen and oxygen atoms in total. The number of hydrogen-bond donors (Lipinski definition) is 1. The predicted octanol–water partition coefficient (Wildman–Crippen LogP) is 14.3. The molecular formula is C53H51N3O. The van der Waals surface area contributed by atoms with Gasteiger partial charge in [-0.3, -0.25) is 9.55 Å². The minimum Gasteiger partial charge on any atom is -0.507 e. The Hall–Kier alpha value is -6.26. The molecule has 0 atom stereocenters. The molecule has 0 aliphatic heterocycles. The fraction of sp³-hybridized carbons (Fsp3) is 0.208. The molecule has 284 valence electrons. The number of aromatic hydroxyl groups is 1. The number of phenolic OH excluding ortho intramolecular Hbond substituents is 1. The molecule has 0 aliphatic carbocycles. The second-order valence-corrected chi connectivity index (χ2v) is 16.7. The van der Waals surface area contributed by atoms with Gasteiger partial charge in [-0.15, -0.1) is 0 Å². The van der Waals surface area contributed by atoms with Gasteiger partial charge in [0.05, 0.1) is 22.3 Å². The molecule has 0 saturated heterocycles. The zero-order valence-electron chi connectivity index (χ0n) is 36.8. The molecule has 6 aromatic carbocycles. The number of aromatic nitrogens is 3. The number of benzene rings is 6. The first-order valence-corrected chi connectivity index (χ1v) is 19.8. The highest BCUT2D eigenvalue weighted by Gasteiger charge is 2.25. The molecule has 0 fully saturated rings. The number of aryl methyl sites for hydroxylation is 1. The predicted molar refractivity (Wildman–Crippen MR) is 239 cm³/mol. The maximum Gasteiger partial charge on any atom is 0.149 e. The van der Waals surface area contributed by atoms with E-state index >= 15 is 0 Å². The number of nitrogens with zero attached hydrogens (tertiary/aromatic N) is 3. The molecule has 0 radical (unpaired) electrons. The Kier molecular flexibility index (Phi) is 8.96. The molecule has 8 aromatic rings. The van der Waals surface area contributed by atoms with E-state index in [1.54, 1.807) is 12.1 Å². The first-order valence-electron chi connectivity index (χ1n) is 21.3. The first-order chi connectivity index (χ1) is 28.6. The van der Waals surface area contributed by atoms with Crippen molar-refractivity contribution in [2.45, 2.75) is 72.6 Å². The lowest BCUT2D eigenvalue weighted by Gasteiger charge is -2.22. The maximum absolute atomic E-state index is 12.2. The van der Waals surface area contributed by atoms with Gasteiger partial charge in [0.1, 0.15) is 11.6 Å². The minimum atomic E-state index is -2.37. The SMILES string of the molecule is [2H]C([2H])([2H])c1cc(-c2ccccc2)cc(-n2c(-c3cc(C(C)C)cc(C(C)C)c3O)nc3c(-c4cc(-c5cc(-c6ccccc6)ccn5)cc(C(C)(C)C)c4)cccc32)c1. The van der Waals surface area contributed by atoms with Crippen LogP contribution in [0.3, 0.4) is 0 Å². The Morgan fingerprint density at radius 2 is 1.32 bits per heavy atom. The van der Waals surface area contributed by atoms with Gasteiger partial charge < -0.3 is 5.11 Å². The molecule has 0 amide bonds. The van der Waals surface area contributed by atoms with E-state index in [1.165, 1.54) is 0 Å². The van der Waals surface area contributed by atoms with Gasteiger partial charge in [0, 0.05) is 27.1 Å². The summed E-state index contributed by atoms with van der Waals surface area (Å²) in [4.78, 5) is 10.4. The summed E-state index contributed by atoms with van der Waals surface area (Å²) >= 11 is 0. The quantitative estimate of drug-likeness (QED) is 0.168. The van der Waals surface area contributed by atoms with Crippen LogP contribution in [0.5, 0.6) is 5.75 Å². The molecule has 2 aromatic heterocycles. The molecular weight excluding hydrogens is 695 g/mol. The lowest BCUT2D eigenvalue weighted by molar-refractivity contribution is 0.466. The van der Waals surface area contributed by atoms with Crippen LogP contribution in [0.1, 0.15) is 86.7 Å². The third-order valence-corrected chi connectivity index (χ3v) is 10.9. The Bertz CT molecular complexity index is 2850. The van der Waals surface area contributed by atoms with E-state index in [-0.39, 0.29) is 28.6 Å². The first kappa shape index (κ1) is 34.0. The molecule has 0 unspecified atom stereocenters. The zero-order valence-corrected chi connectivity index (χ0v) is 33.8. The summed E-state index contributed by atoms with van der Waals surface area (Å²) in [6, 6.07) is 46.9. The van der Waals surface area contributed by atoms with E-state index in [0.717, 1.165) is 72.4 Å². The molecule has 1 N–H and O–H groups in total. The van der Waals surface area contributed by atoms with Crippen molar-refractivity contribution in [3.63, 3.8) is 0 Å². The summed E-state index contributed by atoms with van der Waals surface area (Å²) in [6.45, 7) is 12.7. The Labute approximate surface area is 341 Å². The van der Waals surface area contributed by atoms with E-state index in [9.17, 15) is 5.11 Å². The highest BCUT2D eigenvalue weighted by Crippen LogP contribution is 2.43. The summed E-state index contributed by atoms with van der Waals surface area (Å²) in [5.74, 6) is 0.938. The molecule has 0 spiro atoms. The summed E-state index contributed by atoms with van der Waals surface area (Å²) in [7, 11) is 0. The summed E-state index contributed by atoms with van der Waals surface area (Å²) in [6.07, 6.45) is 1.87. The average molecular weight is 749 g/mol. The van der Waals surface area contributed by atoms with Crippen LogP contribution in [0.2, 0.25) is 0 Å². The van der Waals surface area contributed by atoms with Gasteiger partial charge in [0.2, 0.25) is 0 Å². The summed E-state index contributed by atoms with van der Waals surface area (Å²) in [5.41, 5.74) is 13.5. The van der Waals surface area contributed by atoms with Crippen molar-refractivity contribution in [1.29, 1.82) is 0 Å². The van der Waals surface area contributed by atoms with Crippen molar-refractivity contribution in [1.82, 2.24) is 14.5 Å². The van der Waals surface area contributed by atoms with Gasteiger partial charge in [-0.05, 0) is 123 Å². The van der Waals surface area contributed by atoms with E-state index in [2.05, 4.69) is 97.0 Å². The molecule has 0 aliphatic rings. The normalized spacial score (nSPS) is 12.9. The van der Waals surface area contributed by atoms with E-state index in [4.69, 9.17) is 14.1 Å². The number of pyridine rings is 1. The molecule has 4 heteroatoms. The van der Waals surface area contributed by atoms with Crippen LogP contribution < -0.4 is 0 Å². The molecule has 2 heterocycles. The largest absolute Gasteiger partial charge is 0.507 e. The number of fused-ring (bicyclic) bond motifs is 1. The van der Waals surface area contributed by atoms with E-state index in [0.29, 0.717) is 17.1 Å². The van der Waals surface area contributed by atoms with Gasteiger partial charge in [-0.2, -0.15) is 0 Å². The van der Waals surface area contributed by atoms with Crippen LogP contribution in [0.25, 0.3) is 72.7 Å². The Morgan fingerprint density at radius 3 is 1.98 bits per heavy atom. The van der Waals surface area contributed by atoms with E-state index in [1.807, 2.05) is 89.6 Å². The van der Waals surface area contributed by atoms with Gasteiger partial charge in [0.25, 0.3) is 0 Å². The van der Waals surface area contributed by atoms with Gasteiger partial charge in [0.15, 0.2) is 0 Å². The second-order valence-electron chi connectivity index (χ2n) is 16.7. The highest BCUT2D eigenvalue weighted by molar-refractivity contribution is 5.97. The van der Waals surface area contributed by atoms with Crippen LogP contribution in [-0.2, 0) is 5.41 Å². The Balaban J connectivity index is 1.44. The lowest BCUT2D eigenvalue weighted by atomic mass is 9.83. The summed E-state index contributed by atoms with van der Waals surface area (Å²) < 4.78 is 27.7. The number of phenols is 1. The maximum atomic E-state index is 12.2. The van der Waals surface area contributed by atoms with Gasteiger partial charge in [-0.25, -0.2) is 4.98 Å². The van der Waals surface area contributed by atoms with Crippen LogP contribution in [-0.4, -0.2) is 19.6 Å². The fourth-order valence-electron chi connectivity index (χ4n) is 7.70. The highest BCUT2D eigenvalue weighted by atomic mass is 16.3. The van der Waals surface area contributed by atoms with Crippen molar-refractivity contribution in [3.05, 3.63) is 168 Å².